The highest BCUT2D eigenvalue weighted by molar-refractivity contribution is 5.94. The van der Waals surface area contributed by atoms with Crippen molar-refractivity contribution in [1.82, 2.24) is 4.90 Å². The van der Waals surface area contributed by atoms with E-state index in [9.17, 15) is 9.59 Å². The number of hydrogen-bond acceptors (Lipinski definition) is 3. The van der Waals surface area contributed by atoms with Crippen molar-refractivity contribution in [1.29, 1.82) is 0 Å². The SMILES string of the molecule is COc1ccc(C(=O)N(Cc2ccccc2)Cc2cccc(-c3ccc(C(=O)O)cc3)c2)cc1. The second-order valence-electron chi connectivity index (χ2n) is 7.96. The maximum Gasteiger partial charge on any atom is 0.335 e. The highest BCUT2D eigenvalue weighted by Gasteiger charge is 2.17. The molecule has 0 fully saturated rings. The van der Waals surface area contributed by atoms with Gasteiger partial charge < -0.3 is 14.7 Å². The van der Waals surface area contributed by atoms with Gasteiger partial charge in [-0.3, -0.25) is 4.79 Å². The number of rotatable bonds is 8. The Labute approximate surface area is 198 Å². The molecule has 0 heterocycles. The molecule has 1 amide bonds. The number of amides is 1. The van der Waals surface area contributed by atoms with Gasteiger partial charge >= 0.3 is 5.97 Å². The molecule has 4 rings (SSSR count). The van der Waals surface area contributed by atoms with Crippen LogP contribution in [-0.2, 0) is 13.1 Å². The highest BCUT2D eigenvalue weighted by Crippen LogP contribution is 2.23. The summed E-state index contributed by atoms with van der Waals surface area (Å²) in [5.74, 6) is -0.315. The van der Waals surface area contributed by atoms with Crippen molar-refractivity contribution in [3.8, 4) is 16.9 Å². The molecule has 0 aromatic heterocycles. The van der Waals surface area contributed by atoms with Crippen LogP contribution in [0.1, 0.15) is 31.8 Å². The quantitative estimate of drug-likeness (QED) is 0.362. The minimum Gasteiger partial charge on any atom is -0.497 e. The first kappa shape index (κ1) is 22.8. The maximum absolute atomic E-state index is 13.4. The van der Waals surface area contributed by atoms with Crippen molar-refractivity contribution in [2.75, 3.05) is 7.11 Å². The normalized spacial score (nSPS) is 10.5. The van der Waals surface area contributed by atoms with Crippen molar-refractivity contribution >= 4 is 11.9 Å². The number of aromatic carboxylic acids is 1. The molecule has 4 aromatic carbocycles. The van der Waals surface area contributed by atoms with Crippen LogP contribution >= 0.6 is 0 Å². The monoisotopic (exact) mass is 451 g/mol. The largest absolute Gasteiger partial charge is 0.497 e. The lowest BCUT2D eigenvalue weighted by Gasteiger charge is -2.24. The zero-order valence-electron chi connectivity index (χ0n) is 18.8. The summed E-state index contributed by atoms with van der Waals surface area (Å²) in [4.78, 5) is 26.4. The van der Waals surface area contributed by atoms with E-state index < -0.39 is 5.97 Å². The van der Waals surface area contributed by atoms with E-state index in [-0.39, 0.29) is 11.5 Å². The average molecular weight is 452 g/mol. The van der Waals surface area contributed by atoms with Gasteiger partial charge in [-0.1, -0.05) is 60.7 Å². The minimum absolute atomic E-state index is 0.0669. The Kier molecular flexibility index (Phi) is 7.04. The van der Waals surface area contributed by atoms with Crippen LogP contribution in [0.15, 0.2) is 103 Å². The van der Waals surface area contributed by atoms with E-state index in [1.165, 1.54) is 0 Å². The van der Waals surface area contributed by atoms with Gasteiger partial charge in [0.15, 0.2) is 0 Å². The molecule has 0 aliphatic carbocycles. The summed E-state index contributed by atoms with van der Waals surface area (Å²) >= 11 is 0. The molecule has 1 N–H and O–H groups in total. The van der Waals surface area contributed by atoms with Gasteiger partial charge in [-0.2, -0.15) is 0 Å². The van der Waals surface area contributed by atoms with Gasteiger partial charge in [0, 0.05) is 18.7 Å². The van der Waals surface area contributed by atoms with Gasteiger partial charge in [0.2, 0.25) is 0 Å². The fourth-order valence-corrected chi connectivity index (χ4v) is 3.79. The maximum atomic E-state index is 13.4. The first-order chi connectivity index (χ1) is 16.5. The average Bonchev–Trinajstić information content (AvgIpc) is 2.89. The minimum atomic E-state index is -0.950. The second-order valence-corrected chi connectivity index (χ2v) is 7.96. The van der Waals surface area contributed by atoms with Crippen LogP contribution in [0, 0.1) is 0 Å². The number of carboxylic acid groups (broad SMARTS) is 1. The molecule has 4 aromatic rings. The van der Waals surface area contributed by atoms with Gasteiger partial charge in [-0.05, 0) is 64.7 Å². The lowest BCUT2D eigenvalue weighted by Crippen LogP contribution is -2.30. The Morgan fingerprint density at radius 1 is 0.706 bits per heavy atom. The number of methoxy groups -OCH3 is 1. The number of nitrogens with zero attached hydrogens (tertiary/aromatic N) is 1. The molecule has 34 heavy (non-hydrogen) atoms. The van der Waals surface area contributed by atoms with Crippen LogP contribution in [0.3, 0.4) is 0 Å². The third-order valence-electron chi connectivity index (χ3n) is 5.61. The summed E-state index contributed by atoms with van der Waals surface area (Å²) < 4.78 is 5.22. The molecule has 0 radical (unpaired) electrons. The number of carboxylic acids is 1. The summed E-state index contributed by atoms with van der Waals surface area (Å²) in [6.45, 7) is 0.907. The van der Waals surface area contributed by atoms with E-state index in [0.29, 0.717) is 24.4 Å². The molecular formula is C29H25NO4. The van der Waals surface area contributed by atoms with Crippen LogP contribution in [0.5, 0.6) is 5.75 Å². The standard InChI is InChI=1S/C29H25NO4/c1-34-27-16-14-24(15-17-27)28(31)30(19-21-6-3-2-4-7-21)20-22-8-5-9-26(18-22)23-10-12-25(13-11-23)29(32)33/h2-18H,19-20H2,1H3,(H,32,33). The van der Waals surface area contributed by atoms with Gasteiger partial charge in [-0.25, -0.2) is 4.79 Å². The van der Waals surface area contributed by atoms with Crippen molar-refractivity contribution in [2.24, 2.45) is 0 Å². The van der Waals surface area contributed by atoms with Crippen LogP contribution in [0.4, 0.5) is 0 Å². The molecule has 0 unspecified atom stereocenters. The molecule has 0 atom stereocenters. The van der Waals surface area contributed by atoms with Crippen molar-refractivity contribution in [2.45, 2.75) is 13.1 Å². The molecule has 170 valence electrons. The summed E-state index contributed by atoms with van der Waals surface area (Å²) in [6, 6.07) is 31.8. The van der Waals surface area contributed by atoms with E-state index in [1.807, 2.05) is 59.5 Å². The fraction of sp³-hybridized carbons (Fsp3) is 0.103. The third kappa shape index (κ3) is 5.51. The molecule has 0 saturated heterocycles. The van der Waals surface area contributed by atoms with Crippen molar-refractivity contribution in [3.05, 3.63) is 125 Å². The topological polar surface area (TPSA) is 66.8 Å². The van der Waals surface area contributed by atoms with E-state index in [4.69, 9.17) is 9.84 Å². The first-order valence-electron chi connectivity index (χ1n) is 10.9. The fourth-order valence-electron chi connectivity index (χ4n) is 3.79. The van der Waals surface area contributed by atoms with E-state index in [1.54, 1.807) is 55.6 Å². The number of carbonyl (C=O) groups excluding carboxylic acids is 1. The Bertz CT molecular complexity index is 1270. The van der Waals surface area contributed by atoms with E-state index >= 15 is 0 Å². The van der Waals surface area contributed by atoms with Crippen LogP contribution in [-0.4, -0.2) is 29.0 Å². The van der Waals surface area contributed by atoms with Gasteiger partial charge in [0.25, 0.3) is 5.91 Å². The first-order valence-corrected chi connectivity index (χ1v) is 10.9. The molecule has 0 bridgehead atoms. The molecule has 5 heteroatoms. The molecule has 5 nitrogen and oxygen atoms in total. The summed E-state index contributed by atoms with van der Waals surface area (Å²) in [7, 11) is 1.60. The second kappa shape index (κ2) is 10.5. The number of benzene rings is 4. The Hall–Kier alpha value is -4.38. The van der Waals surface area contributed by atoms with Gasteiger partial charge in [0.05, 0.1) is 12.7 Å². The number of carbonyl (C=O) groups is 2. The van der Waals surface area contributed by atoms with Crippen LogP contribution < -0.4 is 4.74 Å². The van der Waals surface area contributed by atoms with Crippen molar-refractivity contribution in [3.63, 3.8) is 0 Å². The predicted molar refractivity (Wildman–Crippen MR) is 132 cm³/mol. The lowest BCUT2D eigenvalue weighted by atomic mass is 10.0. The van der Waals surface area contributed by atoms with Gasteiger partial charge in [-0.15, -0.1) is 0 Å². The summed E-state index contributed by atoms with van der Waals surface area (Å²) in [5.41, 5.74) is 4.76. The Balaban J connectivity index is 1.61. The Morgan fingerprint density at radius 2 is 1.32 bits per heavy atom. The summed E-state index contributed by atoms with van der Waals surface area (Å²) in [6.07, 6.45) is 0. The van der Waals surface area contributed by atoms with E-state index in [2.05, 4.69) is 0 Å². The third-order valence-corrected chi connectivity index (χ3v) is 5.61. The molecule has 0 spiro atoms. The smallest absolute Gasteiger partial charge is 0.335 e. The van der Waals surface area contributed by atoms with Gasteiger partial charge in [0.1, 0.15) is 5.75 Å². The lowest BCUT2D eigenvalue weighted by molar-refractivity contribution is 0.0695. The molecule has 0 saturated carbocycles. The Morgan fingerprint density at radius 3 is 1.97 bits per heavy atom. The number of hydrogen-bond donors (Lipinski definition) is 1. The van der Waals surface area contributed by atoms with Crippen LogP contribution in [0.2, 0.25) is 0 Å². The van der Waals surface area contributed by atoms with Crippen LogP contribution in [0.25, 0.3) is 11.1 Å². The predicted octanol–water partition coefficient (Wildman–Crippen LogP) is 5.90. The number of ether oxygens (including phenoxy) is 1. The van der Waals surface area contributed by atoms with Crippen molar-refractivity contribution < 1.29 is 19.4 Å². The summed E-state index contributed by atoms with van der Waals surface area (Å²) in [5, 5.41) is 9.14. The molecular weight excluding hydrogens is 426 g/mol. The zero-order valence-corrected chi connectivity index (χ0v) is 18.8. The van der Waals surface area contributed by atoms with E-state index in [0.717, 1.165) is 22.3 Å². The zero-order chi connectivity index (χ0) is 23.9. The molecule has 0 aliphatic heterocycles. The highest BCUT2D eigenvalue weighted by atomic mass is 16.5. The molecule has 0 aliphatic rings.